The van der Waals surface area contributed by atoms with Gasteiger partial charge in [0.25, 0.3) is 5.56 Å². The van der Waals surface area contributed by atoms with Crippen LogP contribution in [-0.2, 0) is 17.8 Å². The number of halogens is 1. The molecular weight excluding hydrogens is 343 g/mol. The highest BCUT2D eigenvalue weighted by Gasteiger charge is 2.10. The van der Waals surface area contributed by atoms with Crippen molar-refractivity contribution in [2.24, 2.45) is 0 Å². The molecule has 0 saturated carbocycles. The molecule has 3 rings (SSSR count). The van der Waals surface area contributed by atoms with E-state index in [1.165, 1.54) is 23.5 Å². The molecule has 6 nitrogen and oxygen atoms in total. The van der Waals surface area contributed by atoms with Gasteiger partial charge in [0.1, 0.15) is 11.5 Å². The molecule has 0 unspecified atom stereocenters. The third kappa shape index (κ3) is 4.57. The van der Waals surface area contributed by atoms with Crippen molar-refractivity contribution in [2.75, 3.05) is 0 Å². The van der Waals surface area contributed by atoms with E-state index >= 15 is 0 Å². The first-order valence-electron chi connectivity index (χ1n) is 7.63. The van der Waals surface area contributed by atoms with Gasteiger partial charge in [0.05, 0.1) is 4.88 Å². The van der Waals surface area contributed by atoms with Crippen LogP contribution in [0, 0.1) is 5.82 Å². The Kier molecular flexibility index (Phi) is 5.30. The second-order valence-electron chi connectivity index (χ2n) is 5.33. The molecule has 0 aliphatic heterocycles. The first-order valence-corrected chi connectivity index (χ1v) is 8.50. The van der Waals surface area contributed by atoms with E-state index in [1.807, 2.05) is 17.5 Å². The molecule has 0 atom stereocenters. The number of carbonyl (C=O) groups excluding carboxylic acids is 1. The number of benzene rings is 1. The van der Waals surface area contributed by atoms with E-state index in [0.29, 0.717) is 12.4 Å². The molecule has 1 amide bonds. The summed E-state index contributed by atoms with van der Waals surface area (Å²) in [7, 11) is 0. The molecular formula is C17H15FN4O2S. The second-order valence-corrected chi connectivity index (χ2v) is 6.28. The number of carbonyl (C=O) groups is 1. The van der Waals surface area contributed by atoms with Crippen molar-refractivity contribution in [3.05, 3.63) is 69.2 Å². The minimum absolute atomic E-state index is 0.122. The van der Waals surface area contributed by atoms with Gasteiger partial charge in [-0.05, 0) is 29.1 Å². The lowest BCUT2D eigenvalue weighted by atomic mass is 10.2. The average Bonchev–Trinajstić information content (AvgIpc) is 3.15. The standard InChI is InChI=1S/C17H15FN4O2S/c18-12-5-3-11(4-6-12)10-19-15(23)8-7-13-17(24)20-16(22-21-13)14-2-1-9-25-14/h1-6,9H,7-8,10H2,(H,19,23)(H,20,22,24). The van der Waals surface area contributed by atoms with Crippen LogP contribution in [-0.4, -0.2) is 21.1 Å². The fourth-order valence-electron chi connectivity index (χ4n) is 2.17. The summed E-state index contributed by atoms with van der Waals surface area (Å²) in [6.45, 7) is 0.304. The monoisotopic (exact) mass is 358 g/mol. The Labute approximate surface area is 146 Å². The lowest BCUT2D eigenvalue weighted by molar-refractivity contribution is -0.121. The zero-order chi connectivity index (χ0) is 17.6. The van der Waals surface area contributed by atoms with Crippen LogP contribution in [0.4, 0.5) is 4.39 Å². The summed E-state index contributed by atoms with van der Waals surface area (Å²) in [5.74, 6) is -0.115. The number of H-pyrrole nitrogens is 1. The zero-order valence-corrected chi connectivity index (χ0v) is 14.0. The Hall–Kier alpha value is -2.87. The largest absolute Gasteiger partial charge is 0.352 e. The molecule has 3 aromatic rings. The Bertz CT molecular complexity index is 907. The minimum atomic E-state index is -0.343. The van der Waals surface area contributed by atoms with Crippen molar-refractivity contribution in [1.82, 2.24) is 20.5 Å². The SMILES string of the molecule is O=C(CCc1nnc(-c2cccs2)[nH]c1=O)NCc1ccc(F)cc1. The fourth-order valence-corrected chi connectivity index (χ4v) is 2.84. The number of thiophene rings is 1. The quantitative estimate of drug-likeness (QED) is 0.708. The van der Waals surface area contributed by atoms with Gasteiger partial charge < -0.3 is 10.3 Å². The van der Waals surface area contributed by atoms with Crippen LogP contribution in [0.15, 0.2) is 46.6 Å². The molecule has 0 fully saturated rings. The topological polar surface area (TPSA) is 87.7 Å². The molecule has 2 heterocycles. The van der Waals surface area contributed by atoms with Crippen LogP contribution >= 0.6 is 11.3 Å². The van der Waals surface area contributed by atoms with E-state index in [0.717, 1.165) is 10.4 Å². The highest BCUT2D eigenvalue weighted by Crippen LogP contribution is 2.18. The van der Waals surface area contributed by atoms with Crippen molar-refractivity contribution in [3.63, 3.8) is 0 Å². The maximum absolute atomic E-state index is 12.8. The molecule has 1 aromatic carbocycles. The van der Waals surface area contributed by atoms with Crippen LogP contribution in [0.2, 0.25) is 0 Å². The van der Waals surface area contributed by atoms with Gasteiger partial charge in [0.2, 0.25) is 5.91 Å². The van der Waals surface area contributed by atoms with Crippen LogP contribution < -0.4 is 10.9 Å². The number of nitrogens with one attached hydrogen (secondary N) is 2. The molecule has 25 heavy (non-hydrogen) atoms. The summed E-state index contributed by atoms with van der Waals surface area (Å²) in [6, 6.07) is 9.59. The van der Waals surface area contributed by atoms with E-state index < -0.39 is 0 Å². The molecule has 0 aliphatic carbocycles. The summed E-state index contributed by atoms with van der Waals surface area (Å²) in [5, 5.41) is 12.5. The summed E-state index contributed by atoms with van der Waals surface area (Å²) in [5.41, 5.74) is 0.676. The van der Waals surface area contributed by atoms with E-state index in [4.69, 9.17) is 0 Å². The molecule has 0 saturated heterocycles. The Morgan fingerprint density at radius 2 is 2.00 bits per heavy atom. The predicted octanol–water partition coefficient (Wildman–Crippen LogP) is 2.28. The molecule has 0 radical (unpaired) electrons. The van der Waals surface area contributed by atoms with Crippen LogP contribution in [0.1, 0.15) is 17.7 Å². The molecule has 0 aliphatic rings. The van der Waals surface area contributed by atoms with E-state index in [9.17, 15) is 14.0 Å². The lowest BCUT2D eigenvalue weighted by Gasteiger charge is -2.05. The number of nitrogens with zero attached hydrogens (tertiary/aromatic N) is 2. The maximum atomic E-state index is 12.8. The average molecular weight is 358 g/mol. The summed E-state index contributed by atoms with van der Waals surface area (Å²) in [4.78, 5) is 27.4. The molecule has 0 bridgehead atoms. The number of hydrogen-bond donors (Lipinski definition) is 2. The number of amides is 1. The van der Waals surface area contributed by atoms with Crippen LogP contribution in [0.25, 0.3) is 10.7 Å². The third-order valence-electron chi connectivity index (χ3n) is 3.51. The van der Waals surface area contributed by atoms with Gasteiger partial charge in [-0.2, -0.15) is 0 Å². The zero-order valence-electron chi connectivity index (χ0n) is 13.2. The van der Waals surface area contributed by atoms with Crippen molar-refractivity contribution in [2.45, 2.75) is 19.4 Å². The molecule has 0 spiro atoms. The van der Waals surface area contributed by atoms with Gasteiger partial charge in [0, 0.05) is 19.4 Å². The molecule has 2 aromatic heterocycles. The Balaban J connectivity index is 1.53. The van der Waals surface area contributed by atoms with Crippen molar-refractivity contribution >= 4 is 17.2 Å². The van der Waals surface area contributed by atoms with E-state index in [2.05, 4.69) is 20.5 Å². The molecule has 2 N–H and O–H groups in total. The third-order valence-corrected chi connectivity index (χ3v) is 4.39. The number of aromatic nitrogens is 3. The van der Waals surface area contributed by atoms with Crippen molar-refractivity contribution in [3.8, 4) is 10.7 Å². The highest BCUT2D eigenvalue weighted by atomic mass is 32.1. The van der Waals surface area contributed by atoms with Gasteiger partial charge >= 0.3 is 0 Å². The summed E-state index contributed by atoms with van der Waals surface area (Å²) >= 11 is 1.45. The first-order chi connectivity index (χ1) is 12.1. The van der Waals surface area contributed by atoms with Crippen molar-refractivity contribution < 1.29 is 9.18 Å². The Morgan fingerprint density at radius 1 is 1.20 bits per heavy atom. The molecule has 8 heteroatoms. The van der Waals surface area contributed by atoms with Crippen molar-refractivity contribution in [1.29, 1.82) is 0 Å². The number of rotatable bonds is 6. The number of aromatic amines is 1. The van der Waals surface area contributed by atoms with Gasteiger partial charge in [-0.1, -0.05) is 18.2 Å². The van der Waals surface area contributed by atoms with Gasteiger partial charge in [0.15, 0.2) is 5.82 Å². The van der Waals surface area contributed by atoms with Crippen LogP contribution in [0.3, 0.4) is 0 Å². The van der Waals surface area contributed by atoms with E-state index in [1.54, 1.807) is 12.1 Å². The highest BCUT2D eigenvalue weighted by molar-refractivity contribution is 7.13. The lowest BCUT2D eigenvalue weighted by Crippen LogP contribution is -2.25. The maximum Gasteiger partial charge on any atom is 0.273 e. The summed E-state index contributed by atoms with van der Waals surface area (Å²) in [6.07, 6.45) is 0.319. The van der Waals surface area contributed by atoms with Gasteiger partial charge in [-0.15, -0.1) is 21.5 Å². The normalized spacial score (nSPS) is 10.6. The summed E-state index contributed by atoms with van der Waals surface area (Å²) < 4.78 is 12.8. The van der Waals surface area contributed by atoms with Crippen LogP contribution in [0.5, 0.6) is 0 Å². The van der Waals surface area contributed by atoms with E-state index in [-0.39, 0.29) is 35.8 Å². The molecule has 128 valence electrons. The van der Waals surface area contributed by atoms with Gasteiger partial charge in [-0.3, -0.25) is 9.59 Å². The van der Waals surface area contributed by atoms with Gasteiger partial charge in [-0.25, -0.2) is 4.39 Å². The first kappa shape index (κ1) is 17.0. The predicted molar refractivity (Wildman–Crippen MR) is 92.5 cm³/mol. The smallest absolute Gasteiger partial charge is 0.273 e. The fraction of sp³-hybridized carbons (Fsp3) is 0.176. The Morgan fingerprint density at radius 3 is 2.68 bits per heavy atom. The second kappa shape index (κ2) is 7.80. The number of aryl methyl sites for hydroxylation is 1. The number of hydrogen-bond acceptors (Lipinski definition) is 5. The minimum Gasteiger partial charge on any atom is -0.352 e.